The molecule has 0 aliphatic rings. The fraction of sp³-hybridized carbons (Fsp3) is 0.733. The Hall–Kier alpha value is -6.48. The van der Waals surface area contributed by atoms with E-state index in [0.29, 0.717) is 19.3 Å². The molecule has 0 aliphatic heterocycles. The monoisotopic (exact) mass is 1030 g/mol. The van der Waals surface area contributed by atoms with Crippen LogP contribution in [-0.4, -0.2) is 164 Å². The number of nitrogens with two attached hydrogens (primary N) is 2. The molecule has 0 radical (unpaired) electrons. The van der Waals surface area contributed by atoms with Gasteiger partial charge in [0.2, 0.25) is 47.3 Å². The zero-order valence-electron chi connectivity index (χ0n) is 42.3. The van der Waals surface area contributed by atoms with Gasteiger partial charge in [-0.1, -0.05) is 41.5 Å². The fourth-order valence-electron chi connectivity index (χ4n) is 6.88. The van der Waals surface area contributed by atoms with Crippen molar-refractivity contribution in [1.82, 2.24) is 42.5 Å². The molecule has 410 valence electrons. The van der Waals surface area contributed by atoms with E-state index in [9.17, 15) is 83.1 Å². The van der Waals surface area contributed by atoms with Crippen molar-refractivity contribution >= 4 is 71.1 Å². The van der Waals surface area contributed by atoms with Crippen LogP contribution in [-0.2, 0) is 57.5 Å². The van der Waals surface area contributed by atoms with Gasteiger partial charge in [0.1, 0.15) is 48.3 Å². The first-order valence-electron chi connectivity index (χ1n) is 23.9. The second-order valence-electron chi connectivity index (χ2n) is 18.8. The Morgan fingerprint density at radius 1 is 0.417 bits per heavy atom. The first-order valence-corrected chi connectivity index (χ1v) is 23.9. The van der Waals surface area contributed by atoms with Crippen molar-refractivity contribution in [3.05, 3.63) is 0 Å². The van der Waals surface area contributed by atoms with Crippen molar-refractivity contribution in [1.29, 1.82) is 0 Å². The maximum Gasteiger partial charge on any atom is 0.326 e. The Morgan fingerprint density at radius 2 is 0.792 bits per heavy atom. The summed E-state index contributed by atoms with van der Waals surface area (Å²) in [5.41, 5.74) is 11.5. The fourth-order valence-corrected chi connectivity index (χ4v) is 6.88. The molecule has 0 rings (SSSR count). The molecule has 17 N–H and O–H groups in total. The number of nitrogens with one attached hydrogen (secondary N) is 8. The summed E-state index contributed by atoms with van der Waals surface area (Å²) in [5.74, 6) is -14.5. The third-order valence-corrected chi connectivity index (χ3v) is 10.9. The van der Waals surface area contributed by atoms with E-state index in [4.69, 9.17) is 11.5 Å². The van der Waals surface area contributed by atoms with E-state index in [2.05, 4.69) is 42.5 Å². The van der Waals surface area contributed by atoms with E-state index in [1.54, 1.807) is 13.8 Å². The van der Waals surface area contributed by atoms with Crippen LogP contribution >= 0.6 is 0 Å². The van der Waals surface area contributed by atoms with Gasteiger partial charge in [-0.05, 0) is 89.5 Å². The maximum atomic E-state index is 13.9. The summed E-state index contributed by atoms with van der Waals surface area (Å²) in [6.07, 6.45) is -4.24. The lowest BCUT2D eigenvalue weighted by atomic mass is 9.99. The zero-order chi connectivity index (χ0) is 55.6. The molecule has 0 aromatic carbocycles. The summed E-state index contributed by atoms with van der Waals surface area (Å²) in [6.45, 7) is 12.8. The maximum absolute atomic E-state index is 13.9. The predicted octanol–water partition coefficient (Wildman–Crippen LogP) is -2.85. The third-order valence-electron chi connectivity index (χ3n) is 10.9. The van der Waals surface area contributed by atoms with Crippen molar-refractivity contribution < 1.29 is 83.1 Å². The van der Waals surface area contributed by atoms with Crippen molar-refractivity contribution in [3.63, 3.8) is 0 Å². The van der Waals surface area contributed by atoms with Crippen LogP contribution in [0.2, 0.25) is 0 Å². The molecule has 0 bridgehead atoms. The number of amides is 8. The van der Waals surface area contributed by atoms with E-state index >= 15 is 0 Å². The Kier molecular flexibility index (Phi) is 30.2. The van der Waals surface area contributed by atoms with Gasteiger partial charge in [-0.15, -0.1) is 0 Å². The summed E-state index contributed by atoms with van der Waals surface area (Å²) in [7, 11) is 0. The van der Waals surface area contributed by atoms with Crippen LogP contribution in [0.25, 0.3) is 0 Å². The Balaban J connectivity index is 6.46. The molecule has 10 atom stereocenters. The minimum absolute atomic E-state index is 0.0343. The summed E-state index contributed by atoms with van der Waals surface area (Å²) >= 11 is 0. The molecule has 0 aromatic rings. The average molecular weight is 1030 g/mol. The molecule has 0 aliphatic carbocycles. The number of hydrogen-bond acceptors (Lipinski definition) is 15. The number of aliphatic carboxylic acids is 4. The molecule has 0 unspecified atom stereocenters. The quantitative estimate of drug-likeness (QED) is 0.0281. The molecule has 0 saturated carbocycles. The highest BCUT2D eigenvalue weighted by atomic mass is 16.4. The molecule has 0 fully saturated rings. The lowest BCUT2D eigenvalue weighted by Crippen LogP contribution is -2.62. The van der Waals surface area contributed by atoms with E-state index in [1.807, 2.05) is 13.8 Å². The molecule has 0 heterocycles. The minimum Gasteiger partial charge on any atom is -0.481 e. The number of aliphatic hydroxyl groups is 1. The second kappa shape index (κ2) is 33.2. The largest absolute Gasteiger partial charge is 0.481 e. The highest BCUT2D eigenvalue weighted by Crippen LogP contribution is 2.12. The number of aliphatic hydroxyl groups excluding tert-OH is 1. The number of carboxylic acid groups (broad SMARTS) is 4. The summed E-state index contributed by atoms with van der Waals surface area (Å²) < 4.78 is 0. The van der Waals surface area contributed by atoms with Crippen molar-refractivity contribution in [3.8, 4) is 0 Å². The van der Waals surface area contributed by atoms with Gasteiger partial charge in [-0.2, -0.15) is 0 Å². The second-order valence-corrected chi connectivity index (χ2v) is 18.8. The van der Waals surface area contributed by atoms with Crippen LogP contribution in [0.4, 0.5) is 0 Å². The van der Waals surface area contributed by atoms with Gasteiger partial charge in [-0.25, -0.2) is 4.79 Å². The Labute approximate surface area is 418 Å². The van der Waals surface area contributed by atoms with Gasteiger partial charge < -0.3 is 79.5 Å². The van der Waals surface area contributed by atoms with E-state index < -0.39 is 176 Å². The topological polar surface area (TPSA) is 454 Å². The number of carbonyl (C=O) groups is 12. The lowest BCUT2D eigenvalue weighted by molar-refractivity contribution is -0.143. The minimum atomic E-state index is -1.77. The zero-order valence-corrected chi connectivity index (χ0v) is 42.3. The average Bonchev–Trinajstić information content (AvgIpc) is 3.26. The molecule has 0 spiro atoms. The molecular weight excluding hydrogens is 953 g/mol. The molecule has 0 aromatic heterocycles. The van der Waals surface area contributed by atoms with Gasteiger partial charge in [0.25, 0.3) is 0 Å². The molecule has 27 nitrogen and oxygen atoms in total. The molecular formula is C45H78N10O17. The third kappa shape index (κ3) is 26.1. The molecule has 8 amide bonds. The normalized spacial score (nSPS) is 15.4. The van der Waals surface area contributed by atoms with Crippen molar-refractivity contribution in [2.24, 2.45) is 29.2 Å². The van der Waals surface area contributed by atoms with Crippen LogP contribution < -0.4 is 54.0 Å². The number of carboxylic acids is 4. The van der Waals surface area contributed by atoms with Gasteiger partial charge in [0, 0.05) is 19.3 Å². The van der Waals surface area contributed by atoms with Gasteiger partial charge in [0.15, 0.2) is 0 Å². The summed E-state index contributed by atoms with van der Waals surface area (Å²) in [4.78, 5) is 154. The van der Waals surface area contributed by atoms with Crippen LogP contribution in [0.5, 0.6) is 0 Å². The lowest BCUT2D eigenvalue weighted by Gasteiger charge is -2.30. The Bertz CT molecular complexity index is 1880. The van der Waals surface area contributed by atoms with Crippen LogP contribution in [0, 0.1) is 17.8 Å². The van der Waals surface area contributed by atoms with E-state index in [-0.39, 0.29) is 31.2 Å². The van der Waals surface area contributed by atoms with Gasteiger partial charge in [0.05, 0.1) is 12.1 Å². The van der Waals surface area contributed by atoms with Crippen molar-refractivity contribution in [2.75, 3.05) is 6.54 Å². The molecule has 0 saturated heterocycles. The predicted molar refractivity (Wildman–Crippen MR) is 256 cm³/mol. The smallest absolute Gasteiger partial charge is 0.326 e. The van der Waals surface area contributed by atoms with E-state index in [0.717, 1.165) is 6.92 Å². The summed E-state index contributed by atoms with van der Waals surface area (Å²) in [5, 5.41) is 67.1. The number of hydrogen-bond donors (Lipinski definition) is 15. The molecule has 27 heteroatoms. The number of unbranched alkanes of at least 4 members (excludes halogenated alkanes) is 1. The number of rotatable bonds is 36. The SMILES string of the molecule is CC(C)C[C@H](NC(=O)[C@@H](N)CC(C)C)C(=O)N[C@H](C(=O)N[C@H](C(=O)N[C@@H](CCC(=O)O)C(=O)N[C@@H](CCC(=O)O)C(=O)N[C@@H](C)C(=O)N[C@@H](CCC(=O)O)C(=O)N[C@@H](CCCCN)C(=O)O)C(C)C)[C@@H](C)O. The molecule has 72 heavy (non-hydrogen) atoms. The highest BCUT2D eigenvalue weighted by Gasteiger charge is 2.37. The number of carbonyl (C=O) groups excluding carboxylic acids is 8. The highest BCUT2D eigenvalue weighted by molar-refractivity contribution is 5.98. The van der Waals surface area contributed by atoms with Crippen LogP contribution in [0.3, 0.4) is 0 Å². The van der Waals surface area contributed by atoms with Crippen molar-refractivity contribution in [2.45, 2.75) is 186 Å². The first-order chi connectivity index (χ1) is 33.4. The van der Waals surface area contributed by atoms with E-state index in [1.165, 1.54) is 20.8 Å². The summed E-state index contributed by atoms with van der Waals surface area (Å²) in [6, 6.07) is -13.5. The van der Waals surface area contributed by atoms with Crippen LogP contribution in [0.1, 0.15) is 126 Å². The van der Waals surface area contributed by atoms with Gasteiger partial charge >= 0.3 is 23.9 Å². The first kappa shape index (κ1) is 65.5. The van der Waals surface area contributed by atoms with Gasteiger partial charge in [-0.3, -0.25) is 52.7 Å². The standard InChI is InChI=1S/C45H78N10O17/c1-21(2)19-26(47)38(64)53-31(20-22(3)4)42(68)55-36(25(8)56)44(70)54-35(23(5)6)43(69)51-29(14-17-34(61)62)40(66)50-27(12-15-32(57)58)39(65)48-24(7)37(63)49-28(13-16-33(59)60)41(67)52-30(45(71)72)11-9-10-18-46/h21-31,35-36,56H,9-20,46-47H2,1-8H3,(H,48,65)(H,49,63)(H,50,66)(H,51,69)(H,52,67)(H,53,64)(H,54,70)(H,55,68)(H,57,58)(H,59,60)(H,61,62)(H,71,72)/t24-,25+,26-,27-,28-,29-,30-,31-,35-,36-/m0/s1. The Morgan fingerprint density at radius 3 is 1.19 bits per heavy atom. The van der Waals surface area contributed by atoms with Crippen LogP contribution in [0.15, 0.2) is 0 Å².